The number of hydrogen-bond donors (Lipinski definition) is 2. The van der Waals surface area contributed by atoms with Crippen LogP contribution in [-0.2, 0) is 9.59 Å². The predicted octanol–water partition coefficient (Wildman–Crippen LogP) is 2.14. The number of carbonyl (C=O) groups excluding carboxylic acids is 2. The molecule has 1 atom stereocenters. The Balaban J connectivity index is 2.75. The van der Waals surface area contributed by atoms with E-state index in [0.717, 1.165) is 24.5 Å². The molecule has 0 heterocycles. The van der Waals surface area contributed by atoms with E-state index in [-0.39, 0.29) is 6.42 Å². The number of rotatable bonds is 9. The number of aliphatic hydroxyl groups is 2. The Bertz CT molecular complexity index is 493. The summed E-state index contributed by atoms with van der Waals surface area (Å²) in [5, 5.41) is 19.4. The van der Waals surface area contributed by atoms with Gasteiger partial charge in [-0.05, 0) is 18.1 Å². The van der Waals surface area contributed by atoms with E-state index in [1.165, 1.54) is 6.08 Å². The lowest BCUT2D eigenvalue weighted by molar-refractivity contribution is -0.152. The highest BCUT2D eigenvalue weighted by molar-refractivity contribution is 6.15. The van der Waals surface area contributed by atoms with Crippen LogP contribution in [0.3, 0.4) is 0 Å². The molecule has 0 aliphatic rings. The molecule has 0 saturated heterocycles. The SMILES string of the molecule is CCCCCC(=O)C(O)(CO)C(=O)C=Cc1ccccc1. The molecule has 0 amide bonds. The van der Waals surface area contributed by atoms with Crippen molar-refractivity contribution in [2.45, 2.75) is 38.2 Å². The molecule has 21 heavy (non-hydrogen) atoms. The summed E-state index contributed by atoms with van der Waals surface area (Å²) in [5.74, 6) is -1.41. The highest BCUT2D eigenvalue weighted by Gasteiger charge is 2.40. The van der Waals surface area contributed by atoms with Gasteiger partial charge in [-0.25, -0.2) is 0 Å². The van der Waals surface area contributed by atoms with E-state index in [4.69, 9.17) is 0 Å². The molecule has 114 valence electrons. The second-order valence-corrected chi connectivity index (χ2v) is 5.01. The molecular formula is C17H22O4. The van der Waals surface area contributed by atoms with Crippen molar-refractivity contribution < 1.29 is 19.8 Å². The number of aliphatic hydroxyl groups excluding tert-OH is 1. The first kappa shape index (κ1) is 17.3. The van der Waals surface area contributed by atoms with Gasteiger partial charge in [0.25, 0.3) is 0 Å². The fourth-order valence-electron chi connectivity index (χ4n) is 1.92. The van der Waals surface area contributed by atoms with Crippen LogP contribution in [0.15, 0.2) is 36.4 Å². The van der Waals surface area contributed by atoms with Crippen LogP contribution in [0.5, 0.6) is 0 Å². The van der Waals surface area contributed by atoms with Crippen molar-refractivity contribution in [2.75, 3.05) is 6.61 Å². The van der Waals surface area contributed by atoms with Crippen molar-refractivity contribution in [1.29, 1.82) is 0 Å². The maximum atomic E-state index is 12.0. The normalized spacial score (nSPS) is 14.0. The Hall–Kier alpha value is -1.78. The summed E-state index contributed by atoms with van der Waals surface area (Å²) in [7, 11) is 0. The first-order chi connectivity index (χ1) is 10.0. The van der Waals surface area contributed by atoms with Gasteiger partial charge in [0.2, 0.25) is 5.60 Å². The third-order valence-electron chi connectivity index (χ3n) is 3.33. The molecule has 1 aromatic rings. The van der Waals surface area contributed by atoms with Crippen molar-refractivity contribution in [2.24, 2.45) is 0 Å². The third-order valence-corrected chi connectivity index (χ3v) is 3.33. The highest BCUT2D eigenvalue weighted by Crippen LogP contribution is 2.15. The minimum Gasteiger partial charge on any atom is -0.392 e. The molecule has 1 aromatic carbocycles. The van der Waals surface area contributed by atoms with E-state index in [0.29, 0.717) is 6.42 Å². The van der Waals surface area contributed by atoms with Crippen molar-refractivity contribution in [3.05, 3.63) is 42.0 Å². The molecule has 0 aromatic heterocycles. The maximum Gasteiger partial charge on any atom is 0.208 e. The second-order valence-electron chi connectivity index (χ2n) is 5.01. The number of hydrogen-bond acceptors (Lipinski definition) is 4. The van der Waals surface area contributed by atoms with Crippen LogP contribution < -0.4 is 0 Å². The summed E-state index contributed by atoms with van der Waals surface area (Å²) in [4.78, 5) is 24.0. The van der Waals surface area contributed by atoms with Gasteiger partial charge in [0, 0.05) is 6.42 Å². The zero-order valence-electron chi connectivity index (χ0n) is 12.3. The average molecular weight is 290 g/mol. The number of Topliss-reactive ketones (excluding diaryl/α,β-unsaturated/α-hetero) is 1. The van der Waals surface area contributed by atoms with Gasteiger partial charge >= 0.3 is 0 Å². The third kappa shape index (κ3) is 4.92. The van der Waals surface area contributed by atoms with E-state index >= 15 is 0 Å². The maximum absolute atomic E-state index is 12.0. The average Bonchev–Trinajstić information content (AvgIpc) is 2.52. The Labute approximate surface area is 125 Å². The van der Waals surface area contributed by atoms with E-state index < -0.39 is 23.8 Å². The fourth-order valence-corrected chi connectivity index (χ4v) is 1.92. The minimum atomic E-state index is -2.32. The fraction of sp³-hybridized carbons (Fsp3) is 0.412. The molecule has 0 saturated carbocycles. The largest absolute Gasteiger partial charge is 0.392 e. The van der Waals surface area contributed by atoms with Gasteiger partial charge in [-0.3, -0.25) is 9.59 Å². The van der Waals surface area contributed by atoms with Crippen LogP contribution in [0.1, 0.15) is 38.2 Å². The predicted molar refractivity (Wildman–Crippen MR) is 81.7 cm³/mol. The minimum absolute atomic E-state index is 0.0931. The molecule has 0 spiro atoms. The summed E-state index contributed by atoms with van der Waals surface area (Å²) in [5.41, 5.74) is -1.54. The van der Waals surface area contributed by atoms with Crippen LogP contribution in [0.25, 0.3) is 6.08 Å². The number of carbonyl (C=O) groups is 2. The molecule has 1 unspecified atom stereocenters. The van der Waals surface area contributed by atoms with Crippen LogP contribution >= 0.6 is 0 Å². The lowest BCUT2D eigenvalue weighted by Gasteiger charge is -2.21. The molecular weight excluding hydrogens is 268 g/mol. The summed E-state index contributed by atoms with van der Waals surface area (Å²) in [6.45, 7) is 1.10. The van der Waals surface area contributed by atoms with Gasteiger partial charge < -0.3 is 10.2 Å². The number of ketones is 2. The van der Waals surface area contributed by atoms with Crippen molar-refractivity contribution in [3.63, 3.8) is 0 Å². The van der Waals surface area contributed by atoms with Gasteiger partial charge in [-0.1, -0.05) is 56.2 Å². The molecule has 4 heteroatoms. The Morgan fingerprint density at radius 1 is 1.19 bits per heavy atom. The molecule has 0 radical (unpaired) electrons. The summed E-state index contributed by atoms with van der Waals surface area (Å²) in [6, 6.07) is 9.08. The Morgan fingerprint density at radius 2 is 1.86 bits per heavy atom. The summed E-state index contributed by atoms with van der Waals surface area (Å²) in [6.07, 6.45) is 5.14. The number of unbranched alkanes of at least 4 members (excludes halogenated alkanes) is 2. The first-order valence-electron chi connectivity index (χ1n) is 7.18. The summed E-state index contributed by atoms with van der Waals surface area (Å²) < 4.78 is 0. The zero-order valence-corrected chi connectivity index (χ0v) is 12.3. The lowest BCUT2D eigenvalue weighted by atomic mass is 9.90. The van der Waals surface area contributed by atoms with Gasteiger partial charge in [-0.15, -0.1) is 0 Å². The molecule has 0 bridgehead atoms. The standard InChI is InChI=1S/C17H22O4/c1-2-3-5-10-15(19)17(21,13-18)16(20)12-11-14-8-6-4-7-9-14/h4,6-9,11-12,18,21H,2-3,5,10,13H2,1H3. The topological polar surface area (TPSA) is 74.6 Å². The smallest absolute Gasteiger partial charge is 0.208 e. The van der Waals surface area contributed by atoms with Gasteiger partial charge in [-0.2, -0.15) is 0 Å². The van der Waals surface area contributed by atoms with E-state index in [1.54, 1.807) is 12.1 Å². The Kier molecular flexibility index (Phi) is 6.99. The van der Waals surface area contributed by atoms with Gasteiger partial charge in [0.05, 0.1) is 6.61 Å². The van der Waals surface area contributed by atoms with Crippen LogP contribution in [0.4, 0.5) is 0 Å². The lowest BCUT2D eigenvalue weighted by Crippen LogP contribution is -2.49. The number of benzene rings is 1. The molecule has 1 rings (SSSR count). The van der Waals surface area contributed by atoms with E-state index in [1.807, 2.05) is 25.1 Å². The van der Waals surface area contributed by atoms with Crippen molar-refractivity contribution in [3.8, 4) is 0 Å². The quantitative estimate of drug-likeness (QED) is 0.415. The van der Waals surface area contributed by atoms with Crippen LogP contribution in [0.2, 0.25) is 0 Å². The highest BCUT2D eigenvalue weighted by atomic mass is 16.3. The molecule has 4 nitrogen and oxygen atoms in total. The van der Waals surface area contributed by atoms with E-state index in [2.05, 4.69) is 0 Å². The Morgan fingerprint density at radius 3 is 2.43 bits per heavy atom. The zero-order chi connectivity index (χ0) is 15.7. The second kappa shape index (κ2) is 8.49. The monoisotopic (exact) mass is 290 g/mol. The van der Waals surface area contributed by atoms with Crippen LogP contribution in [0, 0.1) is 0 Å². The van der Waals surface area contributed by atoms with E-state index in [9.17, 15) is 19.8 Å². The molecule has 0 aliphatic carbocycles. The summed E-state index contributed by atoms with van der Waals surface area (Å²) >= 11 is 0. The van der Waals surface area contributed by atoms with Crippen LogP contribution in [-0.4, -0.2) is 34.0 Å². The van der Waals surface area contributed by atoms with Gasteiger partial charge in [0.15, 0.2) is 11.6 Å². The van der Waals surface area contributed by atoms with Crippen molar-refractivity contribution >= 4 is 17.6 Å². The van der Waals surface area contributed by atoms with Crippen molar-refractivity contribution in [1.82, 2.24) is 0 Å². The molecule has 0 aliphatic heterocycles. The molecule has 2 N–H and O–H groups in total. The first-order valence-corrected chi connectivity index (χ1v) is 7.18. The molecule has 0 fully saturated rings. The van der Waals surface area contributed by atoms with Gasteiger partial charge in [0.1, 0.15) is 0 Å².